The number of furan rings is 1. The maximum atomic E-state index is 15.4. The lowest BCUT2D eigenvalue weighted by Gasteiger charge is -2.32. The standard InChI is InChI=1S/C30H30FN3O3.ClH/c1-3-17(2)32-19-10-12-20(13-11-19)34-16-22(25-23(31)8-5-9-24(25)34)27-26(29(35)33-30(27)36)21-7-4-6-18-14-15-37-28(18)21;/h4-9,14-17,19-20,32H,3,10-13H2,1-2H3,(H,33,35,36);1H/t17?,19-,20-;. The SMILES string of the molecule is CCC(C)N[C@H]1CC[C@H](n2cc(C3=C(c4cccc5ccoc45)C(=O)NC3=O)c3c(F)cccc32)CC1.Cl. The van der Waals surface area contributed by atoms with E-state index in [0.717, 1.165) is 43.0 Å². The van der Waals surface area contributed by atoms with Crippen molar-refractivity contribution in [2.45, 2.75) is 64.1 Å². The van der Waals surface area contributed by atoms with Crippen LogP contribution in [-0.2, 0) is 9.59 Å². The van der Waals surface area contributed by atoms with E-state index in [1.165, 1.54) is 6.07 Å². The Hall–Kier alpha value is -3.42. The molecule has 2 N–H and O–H groups in total. The van der Waals surface area contributed by atoms with Crippen LogP contribution >= 0.6 is 12.4 Å². The van der Waals surface area contributed by atoms with Crippen LogP contribution < -0.4 is 10.6 Å². The van der Waals surface area contributed by atoms with Gasteiger partial charge in [0.2, 0.25) is 0 Å². The van der Waals surface area contributed by atoms with Crippen molar-refractivity contribution in [2.75, 3.05) is 0 Å². The van der Waals surface area contributed by atoms with Crippen LogP contribution in [0.4, 0.5) is 4.39 Å². The van der Waals surface area contributed by atoms with E-state index in [2.05, 4.69) is 29.0 Å². The Morgan fingerprint density at radius 3 is 2.47 bits per heavy atom. The van der Waals surface area contributed by atoms with Gasteiger partial charge in [-0.25, -0.2) is 4.39 Å². The zero-order valence-corrected chi connectivity index (χ0v) is 22.2. The number of nitrogens with zero attached hydrogens (tertiary/aromatic N) is 1. The summed E-state index contributed by atoms with van der Waals surface area (Å²) in [6.45, 7) is 4.40. The highest BCUT2D eigenvalue weighted by molar-refractivity contribution is 6.50. The molecule has 2 aromatic carbocycles. The molecule has 2 aliphatic rings. The molecule has 6 rings (SSSR count). The van der Waals surface area contributed by atoms with Gasteiger partial charge in [0.15, 0.2) is 0 Å². The van der Waals surface area contributed by atoms with E-state index in [1.807, 2.05) is 30.5 Å². The second-order valence-electron chi connectivity index (χ2n) is 10.2. The molecule has 0 radical (unpaired) electrons. The Labute approximate surface area is 226 Å². The van der Waals surface area contributed by atoms with Crippen LogP contribution in [0.25, 0.3) is 33.0 Å². The normalized spacial score (nSPS) is 20.7. The summed E-state index contributed by atoms with van der Waals surface area (Å²) in [6.07, 6.45) is 8.50. The van der Waals surface area contributed by atoms with Crippen LogP contribution in [0.5, 0.6) is 0 Å². The average molecular weight is 536 g/mol. The van der Waals surface area contributed by atoms with Gasteiger partial charge in [-0.2, -0.15) is 0 Å². The topological polar surface area (TPSA) is 76.3 Å². The van der Waals surface area contributed by atoms with Gasteiger partial charge < -0.3 is 14.3 Å². The van der Waals surface area contributed by atoms with Crippen LogP contribution in [0.1, 0.15) is 63.1 Å². The number of amides is 2. The van der Waals surface area contributed by atoms with Gasteiger partial charge in [0.25, 0.3) is 11.8 Å². The lowest BCUT2D eigenvalue weighted by Crippen LogP contribution is -2.39. The Kier molecular flexibility index (Phi) is 7.16. The molecule has 6 nitrogen and oxygen atoms in total. The molecule has 1 unspecified atom stereocenters. The van der Waals surface area contributed by atoms with Crippen molar-refractivity contribution in [3.8, 4) is 0 Å². The number of nitrogens with one attached hydrogen (secondary N) is 2. The van der Waals surface area contributed by atoms with Gasteiger partial charge in [-0.1, -0.05) is 31.2 Å². The van der Waals surface area contributed by atoms with Crippen molar-refractivity contribution < 1.29 is 18.4 Å². The minimum Gasteiger partial charge on any atom is -0.464 e. The molecule has 198 valence electrons. The van der Waals surface area contributed by atoms with Crippen molar-refractivity contribution in [3.05, 3.63) is 71.9 Å². The Morgan fingerprint density at radius 1 is 1.03 bits per heavy atom. The Morgan fingerprint density at radius 2 is 1.74 bits per heavy atom. The van der Waals surface area contributed by atoms with Gasteiger partial charge in [-0.05, 0) is 57.2 Å². The van der Waals surface area contributed by atoms with Gasteiger partial charge in [-0.3, -0.25) is 14.9 Å². The first kappa shape index (κ1) is 26.2. The first-order valence-electron chi connectivity index (χ1n) is 13.1. The fourth-order valence-electron chi connectivity index (χ4n) is 5.96. The molecule has 0 spiro atoms. The zero-order valence-electron chi connectivity index (χ0n) is 21.4. The third-order valence-electron chi connectivity index (χ3n) is 7.98. The lowest BCUT2D eigenvalue weighted by atomic mass is 9.90. The lowest BCUT2D eigenvalue weighted by molar-refractivity contribution is -0.122. The smallest absolute Gasteiger partial charge is 0.259 e. The predicted octanol–water partition coefficient (Wildman–Crippen LogP) is 6.39. The summed E-state index contributed by atoms with van der Waals surface area (Å²) in [5, 5.41) is 7.34. The molecule has 1 atom stereocenters. The highest BCUT2D eigenvalue weighted by Gasteiger charge is 2.36. The zero-order chi connectivity index (χ0) is 25.7. The fourth-order valence-corrected chi connectivity index (χ4v) is 5.96. The van der Waals surface area contributed by atoms with Crippen LogP contribution in [0, 0.1) is 5.82 Å². The van der Waals surface area contributed by atoms with E-state index in [9.17, 15) is 9.59 Å². The minimum absolute atomic E-state index is 0. The number of benzene rings is 2. The monoisotopic (exact) mass is 535 g/mol. The number of hydrogen-bond acceptors (Lipinski definition) is 4. The van der Waals surface area contributed by atoms with Crippen molar-refractivity contribution in [2.24, 2.45) is 0 Å². The number of aromatic nitrogens is 1. The number of halogens is 2. The van der Waals surface area contributed by atoms with E-state index >= 15 is 4.39 Å². The van der Waals surface area contributed by atoms with E-state index in [1.54, 1.807) is 18.4 Å². The number of rotatable bonds is 6. The Bertz CT molecular complexity index is 1560. The Balaban J connectivity index is 0.00000294. The summed E-state index contributed by atoms with van der Waals surface area (Å²) in [7, 11) is 0. The molecular weight excluding hydrogens is 505 g/mol. The summed E-state index contributed by atoms with van der Waals surface area (Å²) in [6, 6.07) is 13.4. The number of hydrogen-bond donors (Lipinski definition) is 2. The molecule has 4 aromatic rings. The van der Waals surface area contributed by atoms with Crippen molar-refractivity contribution >= 4 is 57.2 Å². The first-order valence-corrected chi connectivity index (χ1v) is 13.1. The van der Waals surface area contributed by atoms with Crippen LogP contribution in [0.15, 0.2) is 59.3 Å². The first-order chi connectivity index (χ1) is 18.0. The van der Waals surface area contributed by atoms with Crippen LogP contribution in [0.2, 0.25) is 0 Å². The summed E-state index contributed by atoms with van der Waals surface area (Å²) in [4.78, 5) is 26.3. The molecule has 8 heteroatoms. The molecule has 1 aliphatic heterocycles. The number of fused-ring (bicyclic) bond motifs is 2. The van der Waals surface area contributed by atoms with Crippen molar-refractivity contribution in [1.82, 2.24) is 15.2 Å². The quantitative estimate of drug-likeness (QED) is 0.281. The molecule has 1 aliphatic carbocycles. The summed E-state index contributed by atoms with van der Waals surface area (Å²) in [5.74, 6) is -1.43. The van der Waals surface area contributed by atoms with E-state index in [0.29, 0.717) is 34.2 Å². The largest absolute Gasteiger partial charge is 0.464 e. The molecule has 1 fully saturated rings. The average Bonchev–Trinajstić information content (AvgIpc) is 3.60. The minimum atomic E-state index is -0.521. The number of para-hydroxylation sites is 1. The van der Waals surface area contributed by atoms with Gasteiger partial charge in [0.05, 0.1) is 22.9 Å². The van der Waals surface area contributed by atoms with E-state index in [4.69, 9.17) is 4.42 Å². The second-order valence-corrected chi connectivity index (χ2v) is 10.2. The highest BCUT2D eigenvalue weighted by Crippen LogP contribution is 2.41. The molecule has 1 saturated carbocycles. The number of carbonyl (C=O) groups is 2. The second kappa shape index (κ2) is 10.4. The van der Waals surface area contributed by atoms with Gasteiger partial charge in [0, 0.05) is 46.2 Å². The molecule has 3 heterocycles. The molecule has 38 heavy (non-hydrogen) atoms. The van der Waals surface area contributed by atoms with E-state index < -0.39 is 17.6 Å². The third-order valence-corrected chi connectivity index (χ3v) is 7.98. The summed E-state index contributed by atoms with van der Waals surface area (Å²) in [5.41, 5.74) is 2.63. The van der Waals surface area contributed by atoms with Crippen molar-refractivity contribution in [3.63, 3.8) is 0 Å². The van der Waals surface area contributed by atoms with E-state index in [-0.39, 0.29) is 29.6 Å². The highest BCUT2D eigenvalue weighted by atomic mass is 35.5. The molecular formula is C30H31ClFN3O3. The molecule has 2 amide bonds. The number of carbonyl (C=O) groups excluding carboxylic acids is 2. The van der Waals surface area contributed by atoms with Gasteiger partial charge in [0.1, 0.15) is 11.4 Å². The van der Waals surface area contributed by atoms with Crippen molar-refractivity contribution in [1.29, 1.82) is 0 Å². The maximum Gasteiger partial charge on any atom is 0.259 e. The molecule has 2 aromatic heterocycles. The molecule has 0 saturated heterocycles. The maximum absolute atomic E-state index is 15.4. The predicted molar refractivity (Wildman–Crippen MR) is 150 cm³/mol. The third kappa shape index (κ3) is 4.33. The van der Waals surface area contributed by atoms with Crippen LogP contribution in [-0.4, -0.2) is 28.5 Å². The number of imide groups is 1. The van der Waals surface area contributed by atoms with Gasteiger partial charge in [-0.15, -0.1) is 12.4 Å². The summed E-state index contributed by atoms with van der Waals surface area (Å²) < 4.78 is 23.2. The molecule has 0 bridgehead atoms. The fraction of sp³-hybridized carbons (Fsp3) is 0.333. The summed E-state index contributed by atoms with van der Waals surface area (Å²) >= 11 is 0. The van der Waals surface area contributed by atoms with Gasteiger partial charge >= 0.3 is 0 Å². The van der Waals surface area contributed by atoms with Crippen LogP contribution in [0.3, 0.4) is 0 Å².